The van der Waals surface area contributed by atoms with Crippen LogP contribution in [-0.4, -0.2) is 96.7 Å². The van der Waals surface area contributed by atoms with E-state index in [4.69, 9.17) is 37.0 Å². The van der Waals surface area contributed by atoms with Crippen molar-refractivity contribution in [1.82, 2.24) is 0 Å². The number of carbonyl (C=O) groups excluding carboxylic acids is 4. The van der Waals surface area contributed by atoms with E-state index in [1.165, 1.54) is 116 Å². The smallest absolute Gasteiger partial charge is 0.462 e. The summed E-state index contributed by atoms with van der Waals surface area (Å²) in [4.78, 5) is 73.0. The summed E-state index contributed by atoms with van der Waals surface area (Å²) in [5, 5.41) is 10.6. The first kappa shape index (κ1) is 98.0. The zero-order valence-electron chi connectivity index (χ0n) is 64.5. The van der Waals surface area contributed by atoms with Crippen molar-refractivity contribution in [3.8, 4) is 0 Å². The van der Waals surface area contributed by atoms with Crippen molar-refractivity contribution in [3.05, 3.63) is 97.2 Å². The predicted octanol–water partition coefficient (Wildman–Crippen LogP) is 23.6. The van der Waals surface area contributed by atoms with Crippen LogP contribution in [0.3, 0.4) is 0 Å². The minimum absolute atomic E-state index is 0.0177. The van der Waals surface area contributed by atoms with Crippen molar-refractivity contribution >= 4 is 39.5 Å². The average molecular weight is 1480 g/mol. The maximum atomic E-state index is 13.1. The van der Waals surface area contributed by atoms with Crippen molar-refractivity contribution < 1.29 is 80.2 Å². The Morgan fingerprint density at radius 1 is 0.275 bits per heavy atom. The Balaban J connectivity index is 5.42. The monoisotopic (exact) mass is 1480 g/mol. The van der Waals surface area contributed by atoms with E-state index in [9.17, 15) is 43.2 Å². The zero-order chi connectivity index (χ0) is 74.6. The van der Waals surface area contributed by atoms with E-state index >= 15 is 0 Å². The van der Waals surface area contributed by atoms with E-state index in [0.29, 0.717) is 32.1 Å². The third kappa shape index (κ3) is 74.3. The highest BCUT2D eigenvalue weighted by atomic mass is 31.2. The number of phosphoric acid groups is 2. The second-order valence-electron chi connectivity index (χ2n) is 27.0. The number of unbranched alkanes of at least 4 members (excludes halogenated alkanes) is 34. The molecule has 0 rings (SSSR count). The Hall–Kier alpha value is -4.02. The Labute approximate surface area is 620 Å². The van der Waals surface area contributed by atoms with Crippen molar-refractivity contribution in [2.24, 2.45) is 0 Å². The molecule has 0 spiro atoms. The van der Waals surface area contributed by atoms with Crippen LogP contribution in [0.15, 0.2) is 97.2 Å². The van der Waals surface area contributed by atoms with E-state index in [2.05, 4.69) is 113 Å². The molecule has 0 bridgehead atoms. The predicted molar refractivity (Wildman–Crippen MR) is 418 cm³/mol. The van der Waals surface area contributed by atoms with Crippen LogP contribution in [0.1, 0.15) is 349 Å². The number of phosphoric ester groups is 2. The average Bonchev–Trinajstić information content (AvgIpc) is 0.917. The zero-order valence-corrected chi connectivity index (χ0v) is 66.3. The fourth-order valence-corrected chi connectivity index (χ4v) is 12.3. The molecule has 0 heterocycles. The third-order valence-electron chi connectivity index (χ3n) is 17.0. The first-order valence-electron chi connectivity index (χ1n) is 40.5. The van der Waals surface area contributed by atoms with Crippen molar-refractivity contribution in [3.63, 3.8) is 0 Å². The van der Waals surface area contributed by atoms with Crippen molar-refractivity contribution in [1.29, 1.82) is 0 Å². The van der Waals surface area contributed by atoms with Crippen LogP contribution in [0.2, 0.25) is 0 Å². The first-order valence-corrected chi connectivity index (χ1v) is 43.5. The topological polar surface area (TPSA) is 237 Å². The van der Waals surface area contributed by atoms with Gasteiger partial charge in [0.25, 0.3) is 0 Å². The largest absolute Gasteiger partial charge is 0.472 e. The molecule has 0 aliphatic carbocycles. The van der Waals surface area contributed by atoms with Gasteiger partial charge in [0.15, 0.2) is 12.2 Å². The van der Waals surface area contributed by atoms with E-state index in [0.717, 1.165) is 148 Å². The molecule has 0 fully saturated rings. The number of aliphatic hydroxyl groups is 1. The Kier molecular flexibility index (Phi) is 72.3. The number of hydrogen-bond acceptors (Lipinski definition) is 15. The summed E-state index contributed by atoms with van der Waals surface area (Å²) < 4.78 is 68.6. The van der Waals surface area contributed by atoms with E-state index < -0.39 is 97.5 Å². The lowest BCUT2D eigenvalue weighted by molar-refractivity contribution is -0.161. The van der Waals surface area contributed by atoms with E-state index in [1.54, 1.807) is 0 Å². The minimum Gasteiger partial charge on any atom is -0.462 e. The van der Waals surface area contributed by atoms with Crippen molar-refractivity contribution in [2.45, 2.75) is 367 Å². The molecule has 5 atom stereocenters. The molecule has 0 aromatic rings. The number of carbonyl (C=O) groups is 4. The van der Waals surface area contributed by atoms with Gasteiger partial charge >= 0.3 is 39.5 Å². The van der Waals surface area contributed by atoms with Gasteiger partial charge in [-0.1, -0.05) is 273 Å². The van der Waals surface area contributed by atoms with Crippen LogP contribution in [-0.2, 0) is 65.4 Å². The summed E-state index contributed by atoms with van der Waals surface area (Å²) in [6.45, 7) is 4.75. The second kappa shape index (κ2) is 75.2. The maximum absolute atomic E-state index is 13.1. The molecule has 0 amide bonds. The maximum Gasteiger partial charge on any atom is 0.472 e. The molecule has 0 aliphatic rings. The molecule has 0 radical (unpaired) electrons. The Morgan fingerprint density at radius 2 is 0.490 bits per heavy atom. The van der Waals surface area contributed by atoms with Gasteiger partial charge in [-0.15, -0.1) is 0 Å². The lowest BCUT2D eigenvalue weighted by Gasteiger charge is -2.21. The Bertz CT molecular complexity index is 2310. The normalized spacial score (nSPS) is 14.4. The van der Waals surface area contributed by atoms with Crippen LogP contribution < -0.4 is 0 Å². The van der Waals surface area contributed by atoms with Crippen LogP contribution >= 0.6 is 15.6 Å². The minimum atomic E-state index is -4.99. The van der Waals surface area contributed by atoms with Gasteiger partial charge in [0.1, 0.15) is 19.3 Å². The van der Waals surface area contributed by atoms with Gasteiger partial charge in [-0.25, -0.2) is 9.13 Å². The SMILES string of the molecule is CCCCC/C=C\C/C=C\C/C=C\C/C=C\CCCC(=O)O[C@H](COC(=O)CCCCCCC/C=C\CCCCCCCC)COP(=O)(O)OC[C@H](O)COP(=O)(O)OC[C@@H](COC(=O)CCCCCCC/C=C\CCCCCCCC)OC(=O)CCCCCCC/C=C\C/C=C\CCCCC. The van der Waals surface area contributed by atoms with Gasteiger partial charge in [0, 0.05) is 25.7 Å². The summed E-state index contributed by atoms with van der Waals surface area (Å²) in [6, 6.07) is 0. The molecule has 0 aliphatic heterocycles. The molecule has 2 unspecified atom stereocenters. The molecule has 17 nitrogen and oxygen atoms in total. The molecule has 590 valence electrons. The molecular formula is C83H146O17P2. The molecule has 0 saturated carbocycles. The second-order valence-corrected chi connectivity index (χ2v) is 29.9. The standard InChI is InChI=1S/C83H146O17P2/c1-5-9-13-17-21-25-29-33-37-38-42-46-50-54-58-62-66-70-83(88)100-79(74-94-81(86)68-64-60-56-52-48-44-40-35-31-27-23-19-15-11-7-3)76-98-102(91,92)96-72-77(84)71-95-101(89,90)97-75-78(99-82(87)69-65-61-57-53-49-45-41-36-32-28-24-20-16-12-8-4)73-93-80(85)67-63-59-55-51-47-43-39-34-30-26-22-18-14-10-6-2/h21,24-25,28,33-37,39-42,46,54,58,77-79,84H,5-20,22-23,26-27,29-32,38,43-45,47-53,55-57,59-76H2,1-4H3,(H,89,90)(H,91,92)/b25-21-,28-24-,37-33-,39-34-,40-35-,41-36-,46-42-,58-54-/t77-,78-,79-/m1/s1. The van der Waals surface area contributed by atoms with Gasteiger partial charge in [-0.3, -0.25) is 37.3 Å². The highest BCUT2D eigenvalue weighted by molar-refractivity contribution is 7.47. The molecule has 0 aromatic carbocycles. The van der Waals surface area contributed by atoms with Gasteiger partial charge < -0.3 is 33.8 Å². The molecule has 0 saturated heterocycles. The lowest BCUT2D eigenvalue weighted by Crippen LogP contribution is -2.30. The third-order valence-corrected chi connectivity index (χ3v) is 18.9. The van der Waals surface area contributed by atoms with E-state index in [-0.39, 0.29) is 25.7 Å². The van der Waals surface area contributed by atoms with Crippen molar-refractivity contribution in [2.75, 3.05) is 39.6 Å². The molecular weight excluding hydrogens is 1330 g/mol. The Morgan fingerprint density at radius 3 is 0.804 bits per heavy atom. The number of ether oxygens (including phenoxy) is 4. The molecule has 102 heavy (non-hydrogen) atoms. The van der Waals surface area contributed by atoms with Gasteiger partial charge in [0.2, 0.25) is 0 Å². The number of aliphatic hydroxyl groups excluding tert-OH is 1. The fourth-order valence-electron chi connectivity index (χ4n) is 10.8. The van der Waals surface area contributed by atoms with Gasteiger partial charge in [0.05, 0.1) is 26.4 Å². The molecule has 19 heteroatoms. The summed E-state index contributed by atoms with van der Waals surface area (Å²) in [5.41, 5.74) is 0. The van der Waals surface area contributed by atoms with Crippen LogP contribution in [0.4, 0.5) is 0 Å². The summed E-state index contributed by atoms with van der Waals surface area (Å²) in [5.74, 6) is -2.26. The summed E-state index contributed by atoms with van der Waals surface area (Å²) >= 11 is 0. The number of hydrogen-bond donors (Lipinski definition) is 3. The molecule has 0 aromatic heterocycles. The van der Waals surface area contributed by atoms with Crippen LogP contribution in [0.5, 0.6) is 0 Å². The first-order chi connectivity index (χ1) is 49.7. The van der Waals surface area contributed by atoms with Crippen LogP contribution in [0, 0.1) is 0 Å². The summed E-state index contributed by atoms with van der Waals surface area (Å²) in [7, 11) is -9.98. The van der Waals surface area contributed by atoms with Gasteiger partial charge in [-0.05, 0) is 148 Å². The number of rotatable bonds is 76. The van der Waals surface area contributed by atoms with Gasteiger partial charge in [-0.2, -0.15) is 0 Å². The summed E-state index contributed by atoms with van der Waals surface area (Å²) in [6.07, 6.45) is 79.6. The molecule has 3 N–H and O–H groups in total. The van der Waals surface area contributed by atoms with E-state index in [1.807, 2.05) is 12.2 Å². The lowest BCUT2D eigenvalue weighted by atomic mass is 10.1. The fraction of sp³-hybridized carbons (Fsp3) is 0.759. The number of allylic oxidation sites excluding steroid dienone is 16. The highest BCUT2D eigenvalue weighted by Crippen LogP contribution is 2.45. The quantitative estimate of drug-likeness (QED) is 0.0169. The highest BCUT2D eigenvalue weighted by Gasteiger charge is 2.30. The number of esters is 4. The van der Waals surface area contributed by atoms with Crippen LogP contribution in [0.25, 0.3) is 0 Å².